The first-order valence-electron chi connectivity index (χ1n) is 4.99. The standard InChI is InChI=1S/C12H14FNO2/c1-9(15)14-7-3-2-4-10-8-11(16)5-6-12(10)13/h2,4-6,8,16H,3,7H2,1H3,(H,14,15). The molecule has 0 heterocycles. The van der Waals surface area contributed by atoms with Gasteiger partial charge in [0.2, 0.25) is 5.91 Å². The van der Waals surface area contributed by atoms with Gasteiger partial charge in [0.05, 0.1) is 0 Å². The van der Waals surface area contributed by atoms with E-state index < -0.39 is 0 Å². The van der Waals surface area contributed by atoms with Crippen molar-refractivity contribution >= 4 is 12.0 Å². The molecule has 0 fully saturated rings. The summed E-state index contributed by atoms with van der Waals surface area (Å²) in [5.41, 5.74) is 0.336. The minimum absolute atomic E-state index is 0.0305. The van der Waals surface area contributed by atoms with Crippen LogP contribution in [-0.4, -0.2) is 17.6 Å². The number of benzene rings is 1. The van der Waals surface area contributed by atoms with Gasteiger partial charge in [0.1, 0.15) is 11.6 Å². The Morgan fingerprint density at radius 2 is 2.31 bits per heavy atom. The molecular weight excluding hydrogens is 209 g/mol. The summed E-state index contributed by atoms with van der Waals surface area (Å²) < 4.78 is 13.2. The number of rotatable bonds is 4. The van der Waals surface area contributed by atoms with Crippen molar-refractivity contribution in [3.8, 4) is 5.75 Å². The van der Waals surface area contributed by atoms with Crippen molar-refractivity contribution in [1.29, 1.82) is 0 Å². The van der Waals surface area contributed by atoms with Crippen molar-refractivity contribution in [2.75, 3.05) is 6.54 Å². The zero-order valence-electron chi connectivity index (χ0n) is 9.03. The third-order valence-corrected chi connectivity index (χ3v) is 1.96. The second-order valence-corrected chi connectivity index (χ2v) is 3.38. The summed E-state index contributed by atoms with van der Waals surface area (Å²) in [5, 5.41) is 11.8. The fourth-order valence-electron chi connectivity index (χ4n) is 1.20. The summed E-state index contributed by atoms with van der Waals surface area (Å²) in [6.07, 6.45) is 3.94. The summed E-state index contributed by atoms with van der Waals surface area (Å²) in [6.45, 7) is 1.96. The topological polar surface area (TPSA) is 49.3 Å². The fourth-order valence-corrected chi connectivity index (χ4v) is 1.20. The zero-order valence-corrected chi connectivity index (χ0v) is 9.03. The van der Waals surface area contributed by atoms with E-state index in [2.05, 4.69) is 5.32 Å². The number of halogens is 1. The Morgan fingerprint density at radius 1 is 1.56 bits per heavy atom. The van der Waals surface area contributed by atoms with E-state index >= 15 is 0 Å². The maximum absolute atomic E-state index is 13.2. The average Bonchev–Trinajstić information content (AvgIpc) is 2.22. The summed E-state index contributed by atoms with van der Waals surface area (Å²) in [6, 6.07) is 3.86. The highest BCUT2D eigenvalue weighted by atomic mass is 19.1. The fraction of sp³-hybridized carbons (Fsp3) is 0.250. The van der Waals surface area contributed by atoms with Crippen LogP contribution in [0.1, 0.15) is 18.9 Å². The number of carbonyl (C=O) groups is 1. The smallest absolute Gasteiger partial charge is 0.216 e. The quantitative estimate of drug-likeness (QED) is 0.768. The van der Waals surface area contributed by atoms with E-state index in [4.69, 9.17) is 5.11 Å². The number of phenols is 1. The van der Waals surface area contributed by atoms with Crippen LogP contribution in [0.2, 0.25) is 0 Å². The van der Waals surface area contributed by atoms with E-state index in [1.807, 2.05) is 0 Å². The zero-order chi connectivity index (χ0) is 12.0. The summed E-state index contributed by atoms with van der Waals surface area (Å²) in [4.78, 5) is 10.5. The van der Waals surface area contributed by atoms with Gasteiger partial charge in [0.15, 0.2) is 0 Å². The molecule has 86 valence electrons. The van der Waals surface area contributed by atoms with Crippen LogP contribution >= 0.6 is 0 Å². The van der Waals surface area contributed by atoms with Crippen LogP contribution in [0, 0.1) is 5.82 Å². The molecule has 1 aromatic carbocycles. The molecule has 0 aliphatic carbocycles. The van der Waals surface area contributed by atoms with E-state index in [-0.39, 0.29) is 17.5 Å². The van der Waals surface area contributed by atoms with Crippen LogP contribution in [0.4, 0.5) is 4.39 Å². The van der Waals surface area contributed by atoms with E-state index in [9.17, 15) is 9.18 Å². The Hall–Kier alpha value is -1.84. The van der Waals surface area contributed by atoms with Crippen molar-refractivity contribution in [3.05, 3.63) is 35.7 Å². The molecule has 4 heteroatoms. The van der Waals surface area contributed by atoms with Crippen LogP contribution < -0.4 is 5.32 Å². The third kappa shape index (κ3) is 4.13. The molecule has 0 atom stereocenters. The maximum atomic E-state index is 13.2. The molecule has 1 rings (SSSR count). The van der Waals surface area contributed by atoms with Crippen molar-refractivity contribution in [1.82, 2.24) is 5.32 Å². The second kappa shape index (κ2) is 5.90. The number of aromatic hydroxyl groups is 1. The van der Waals surface area contributed by atoms with Crippen LogP contribution in [0.25, 0.3) is 6.08 Å². The number of hydrogen-bond donors (Lipinski definition) is 2. The van der Waals surface area contributed by atoms with Gasteiger partial charge in [-0.25, -0.2) is 4.39 Å². The molecule has 1 amide bonds. The van der Waals surface area contributed by atoms with Gasteiger partial charge >= 0.3 is 0 Å². The highest BCUT2D eigenvalue weighted by molar-refractivity contribution is 5.72. The molecule has 0 radical (unpaired) electrons. The molecule has 0 aliphatic rings. The van der Waals surface area contributed by atoms with Gasteiger partial charge in [-0.3, -0.25) is 4.79 Å². The van der Waals surface area contributed by atoms with Gasteiger partial charge in [-0.2, -0.15) is 0 Å². The van der Waals surface area contributed by atoms with Crippen molar-refractivity contribution in [2.45, 2.75) is 13.3 Å². The molecule has 0 saturated carbocycles. The molecular formula is C12H14FNO2. The maximum Gasteiger partial charge on any atom is 0.216 e. The molecule has 3 nitrogen and oxygen atoms in total. The summed E-state index contributed by atoms with van der Waals surface area (Å²) in [7, 11) is 0. The molecule has 0 aromatic heterocycles. The number of phenolic OH excluding ortho intramolecular Hbond substituents is 1. The molecule has 2 N–H and O–H groups in total. The molecule has 1 aromatic rings. The van der Waals surface area contributed by atoms with Gasteiger partial charge in [-0.1, -0.05) is 12.2 Å². The molecule has 0 bridgehead atoms. The lowest BCUT2D eigenvalue weighted by Gasteiger charge is -1.99. The van der Waals surface area contributed by atoms with E-state index in [1.165, 1.54) is 25.1 Å². The van der Waals surface area contributed by atoms with Gasteiger partial charge in [0, 0.05) is 19.0 Å². The van der Waals surface area contributed by atoms with Crippen LogP contribution in [0.5, 0.6) is 5.75 Å². The predicted molar refractivity (Wildman–Crippen MR) is 60.4 cm³/mol. The lowest BCUT2D eigenvalue weighted by molar-refractivity contribution is -0.118. The molecule has 0 aliphatic heterocycles. The van der Waals surface area contributed by atoms with Gasteiger partial charge < -0.3 is 10.4 Å². The Kier molecular flexibility index (Phi) is 4.51. The Morgan fingerprint density at radius 3 is 3.00 bits per heavy atom. The molecule has 0 saturated heterocycles. The first kappa shape index (κ1) is 12.2. The predicted octanol–water partition coefficient (Wildman–Crippen LogP) is 2.07. The normalized spacial score (nSPS) is 10.6. The number of amides is 1. The summed E-state index contributed by atoms with van der Waals surface area (Å²) in [5.74, 6) is -0.437. The number of carbonyl (C=O) groups excluding carboxylic acids is 1. The van der Waals surface area contributed by atoms with Gasteiger partial charge in [0.25, 0.3) is 0 Å². The second-order valence-electron chi connectivity index (χ2n) is 3.38. The van der Waals surface area contributed by atoms with Crippen LogP contribution in [0.3, 0.4) is 0 Å². The molecule has 0 unspecified atom stereocenters. The van der Waals surface area contributed by atoms with Crippen molar-refractivity contribution in [3.63, 3.8) is 0 Å². The van der Waals surface area contributed by atoms with Crippen molar-refractivity contribution < 1.29 is 14.3 Å². The van der Waals surface area contributed by atoms with E-state index in [0.29, 0.717) is 18.5 Å². The Balaban J connectivity index is 2.49. The minimum atomic E-state index is -0.381. The average molecular weight is 223 g/mol. The van der Waals surface area contributed by atoms with Gasteiger partial charge in [-0.15, -0.1) is 0 Å². The Bertz CT molecular complexity index is 402. The first-order chi connectivity index (χ1) is 7.59. The largest absolute Gasteiger partial charge is 0.508 e. The van der Waals surface area contributed by atoms with E-state index in [0.717, 1.165) is 0 Å². The highest BCUT2D eigenvalue weighted by Crippen LogP contribution is 2.16. The first-order valence-corrected chi connectivity index (χ1v) is 4.99. The van der Waals surface area contributed by atoms with Crippen LogP contribution in [0.15, 0.2) is 24.3 Å². The molecule has 16 heavy (non-hydrogen) atoms. The van der Waals surface area contributed by atoms with Crippen LogP contribution in [-0.2, 0) is 4.79 Å². The lowest BCUT2D eigenvalue weighted by Crippen LogP contribution is -2.20. The third-order valence-electron chi connectivity index (χ3n) is 1.96. The molecule has 0 spiro atoms. The van der Waals surface area contributed by atoms with Crippen molar-refractivity contribution in [2.24, 2.45) is 0 Å². The number of hydrogen-bond acceptors (Lipinski definition) is 2. The monoisotopic (exact) mass is 223 g/mol. The van der Waals surface area contributed by atoms with E-state index in [1.54, 1.807) is 12.2 Å². The minimum Gasteiger partial charge on any atom is -0.508 e. The lowest BCUT2D eigenvalue weighted by atomic mass is 10.2. The number of nitrogens with one attached hydrogen (secondary N) is 1. The Labute approximate surface area is 93.6 Å². The summed E-state index contributed by atoms with van der Waals surface area (Å²) >= 11 is 0. The van der Waals surface area contributed by atoms with Gasteiger partial charge in [-0.05, 0) is 24.6 Å². The SMILES string of the molecule is CC(=O)NCCC=Cc1cc(O)ccc1F. The highest BCUT2D eigenvalue weighted by Gasteiger charge is 1.98.